The van der Waals surface area contributed by atoms with Crippen molar-refractivity contribution in [3.8, 4) is 0 Å². The first-order chi connectivity index (χ1) is 6.42. The fraction of sp³-hybridized carbons (Fsp3) is 0.917. The minimum Gasteiger partial charge on any atom is -0.303 e. The second kappa shape index (κ2) is 1.51. The summed E-state index contributed by atoms with van der Waals surface area (Å²) in [5.74, 6) is 8.53. The number of carbonyl (C=O) groups is 1. The Morgan fingerprint density at radius 1 is 0.769 bits per heavy atom. The minimum absolute atomic E-state index is 0.516. The van der Waals surface area contributed by atoms with Crippen LogP contribution in [0.3, 0.4) is 0 Å². The predicted molar refractivity (Wildman–Crippen MR) is 46.7 cm³/mol. The molecule has 0 N–H and O–H groups in total. The summed E-state index contributed by atoms with van der Waals surface area (Å²) in [7, 11) is 0. The van der Waals surface area contributed by atoms with E-state index in [1.54, 1.807) is 0 Å². The van der Waals surface area contributed by atoms with Crippen molar-refractivity contribution in [2.24, 2.45) is 53.3 Å². The molecule has 0 saturated heterocycles. The first-order valence-corrected chi connectivity index (χ1v) is 5.87. The second-order valence-corrected chi connectivity index (χ2v) is 6.15. The molecule has 0 aromatic rings. The fourth-order valence-electron chi connectivity index (χ4n) is 6.73. The Labute approximate surface area is 77.9 Å². The fourth-order valence-corrected chi connectivity index (χ4v) is 6.73. The number of carbonyl (C=O) groups excluding carboxylic acids is 1. The normalized spacial score (nSPS) is 79.2. The highest BCUT2D eigenvalue weighted by Gasteiger charge is 2.80. The van der Waals surface area contributed by atoms with E-state index in [1.165, 1.54) is 19.1 Å². The Kier molecular flexibility index (Phi) is 0.721. The minimum atomic E-state index is 0.516. The summed E-state index contributed by atoms with van der Waals surface area (Å²) in [5.41, 5.74) is 0. The molecule has 0 amide bonds. The predicted octanol–water partition coefficient (Wildman–Crippen LogP) is 1.58. The van der Waals surface area contributed by atoms with Gasteiger partial charge in [0.1, 0.15) is 6.29 Å². The molecule has 68 valence electrons. The quantitative estimate of drug-likeness (QED) is 0.552. The summed E-state index contributed by atoms with van der Waals surface area (Å²) in [5, 5.41) is 0. The van der Waals surface area contributed by atoms with E-state index in [2.05, 4.69) is 0 Å². The first-order valence-electron chi connectivity index (χ1n) is 5.87. The molecule has 1 nitrogen and oxygen atoms in total. The summed E-state index contributed by atoms with van der Waals surface area (Å²) in [6.45, 7) is 0. The van der Waals surface area contributed by atoms with Crippen LogP contribution >= 0.6 is 0 Å². The first kappa shape index (κ1) is 6.21. The zero-order valence-corrected chi connectivity index (χ0v) is 7.60. The van der Waals surface area contributed by atoms with Crippen LogP contribution in [0.25, 0.3) is 0 Å². The van der Waals surface area contributed by atoms with Gasteiger partial charge in [-0.2, -0.15) is 0 Å². The Morgan fingerprint density at radius 3 is 2.23 bits per heavy atom. The van der Waals surface area contributed by atoms with E-state index in [1.807, 2.05) is 0 Å². The van der Waals surface area contributed by atoms with E-state index in [4.69, 9.17) is 0 Å². The van der Waals surface area contributed by atoms with Crippen LogP contribution < -0.4 is 0 Å². The van der Waals surface area contributed by atoms with Crippen molar-refractivity contribution in [2.75, 3.05) is 0 Å². The SMILES string of the molecule is O=CC1C2C3CC4C1C1C2CC3C41. The van der Waals surface area contributed by atoms with Gasteiger partial charge in [-0.3, -0.25) is 0 Å². The summed E-state index contributed by atoms with van der Waals surface area (Å²) in [6, 6.07) is 0. The summed E-state index contributed by atoms with van der Waals surface area (Å²) in [4.78, 5) is 11.1. The lowest BCUT2D eigenvalue weighted by atomic mass is 9.58. The summed E-state index contributed by atoms with van der Waals surface area (Å²) in [6.07, 6.45) is 4.36. The molecule has 9 atom stereocenters. The van der Waals surface area contributed by atoms with Gasteiger partial charge in [0.25, 0.3) is 0 Å². The smallest absolute Gasteiger partial charge is 0.123 e. The van der Waals surface area contributed by atoms with Crippen LogP contribution in [0.2, 0.25) is 0 Å². The lowest BCUT2D eigenvalue weighted by molar-refractivity contribution is -0.118. The van der Waals surface area contributed by atoms with Crippen molar-refractivity contribution in [1.82, 2.24) is 0 Å². The van der Waals surface area contributed by atoms with E-state index in [0.717, 1.165) is 47.3 Å². The summed E-state index contributed by atoms with van der Waals surface area (Å²) >= 11 is 0. The van der Waals surface area contributed by atoms with Crippen LogP contribution in [0.5, 0.6) is 0 Å². The van der Waals surface area contributed by atoms with Gasteiger partial charge >= 0.3 is 0 Å². The molecular weight excluding hydrogens is 160 g/mol. The molecule has 5 aliphatic rings. The molecule has 0 spiro atoms. The average Bonchev–Trinajstić information content (AvgIpc) is 2.61. The number of rotatable bonds is 1. The Hall–Kier alpha value is -0.330. The van der Waals surface area contributed by atoms with Crippen molar-refractivity contribution in [3.05, 3.63) is 0 Å². The third-order valence-electron chi connectivity index (χ3n) is 6.54. The van der Waals surface area contributed by atoms with Crippen LogP contribution in [-0.2, 0) is 4.79 Å². The third kappa shape index (κ3) is 0.379. The van der Waals surface area contributed by atoms with Crippen molar-refractivity contribution < 1.29 is 4.79 Å². The van der Waals surface area contributed by atoms with Gasteiger partial charge in [-0.05, 0) is 60.2 Å². The van der Waals surface area contributed by atoms with Crippen molar-refractivity contribution in [3.63, 3.8) is 0 Å². The maximum Gasteiger partial charge on any atom is 0.123 e. The molecule has 2 bridgehead atoms. The van der Waals surface area contributed by atoms with Gasteiger partial charge in [0.15, 0.2) is 0 Å². The average molecular weight is 174 g/mol. The molecule has 0 heterocycles. The van der Waals surface area contributed by atoms with E-state index in [-0.39, 0.29) is 0 Å². The molecule has 0 aromatic carbocycles. The highest BCUT2D eigenvalue weighted by atomic mass is 16.1. The van der Waals surface area contributed by atoms with Crippen molar-refractivity contribution in [1.29, 1.82) is 0 Å². The number of hydrogen-bond donors (Lipinski definition) is 0. The number of hydrogen-bond acceptors (Lipinski definition) is 1. The lowest BCUT2D eigenvalue weighted by Gasteiger charge is -2.46. The zero-order chi connectivity index (χ0) is 8.32. The molecule has 0 aromatic heterocycles. The monoisotopic (exact) mass is 174 g/mol. The Bertz CT molecular complexity index is 317. The maximum atomic E-state index is 11.1. The number of fused-ring (bicyclic) bond motifs is 2. The van der Waals surface area contributed by atoms with E-state index >= 15 is 0 Å². The second-order valence-electron chi connectivity index (χ2n) is 6.15. The molecular formula is C12H14O. The van der Waals surface area contributed by atoms with E-state index < -0.39 is 0 Å². The highest BCUT2D eigenvalue weighted by molar-refractivity contribution is 5.59. The molecule has 5 rings (SSSR count). The van der Waals surface area contributed by atoms with Gasteiger partial charge in [-0.15, -0.1) is 0 Å². The molecule has 5 aliphatic carbocycles. The third-order valence-corrected chi connectivity index (χ3v) is 6.54. The van der Waals surface area contributed by atoms with E-state index in [0.29, 0.717) is 5.92 Å². The van der Waals surface area contributed by atoms with Gasteiger partial charge in [-0.25, -0.2) is 0 Å². The maximum absolute atomic E-state index is 11.1. The van der Waals surface area contributed by atoms with Crippen LogP contribution in [0.1, 0.15) is 12.8 Å². The number of aldehydes is 1. The zero-order valence-electron chi connectivity index (χ0n) is 7.60. The molecule has 1 heteroatoms. The molecule has 9 unspecified atom stereocenters. The van der Waals surface area contributed by atoms with E-state index in [9.17, 15) is 4.79 Å². The van der Waals surface area contributed by atoms with Gasteiger partial charge in [-0.1, -0.05) is 0 Å². The lowest BCUT2D eigenvalue weighted by Crippen LogP contribution is -2.44. The van der Waals surface area contributed by atoms with Crippen LogP contribution in [0, 0.1) is 53.3 Å². The largest absolute Gasteiger partial charge is 0.303 e. The molecule has 5 fully saturated rings. The summed E-state index contributed by atoms with van der Waals surface area (Å²) < 4.78 is 0. The van der Waals surface area contributed by atoms with Crippen LogP contribution in [-0.4, -0.2) is 6.29 Å². The van der Waals surface area contributed by atoms with Crippen molar-refractivity contribution >= 4 is 6.29 Å². The molecule has 5 saturated carbocycles. The molecule has 13 heavy (non-hydrogen) atoms. The van der Waals surface area contributed by atoms with Gasteiger partial charge in [0, 0.05) is 5.92 Å². The van der Waals surface area contributed by atoms with Gasteiger partial charge < -0.3 is 4.79 Å². The highest BCUT2D eigenvalue weighted by Crippen LogP contribution is 2.84. The topological polar surface area (TPSA) is 17.1 Å². The Balaban J connectivity index is 1.80. The standard InChI is InChI=1S/C12H14O/c13-3-8-9-4-1-7-10-5(4)2-6(9)12(10)11(7)8/h3-12H,1-2H2. The van der Waals surface area contributed by atoms with Crippen LogP contribution in [0.4, 0.5) is 0 Å². The van der Waals surface area contributed by atoms with Crippen molar-refractivity contribution in [2.45, 2.75) is 12.8 Å². The molecule has 0 aliphatic heterocycles. The van der Waals surface area contributed by atoms with Gasteiger partial charge in [0.2, 0.25) is 0 Å². The van der Waals surface area contributed by atoms with Gasteiger partial charge in [0.05, 0.1) is 0 Å². The van der Waals surface area contributed by atoms with Crippen LogP contribution in [0.15, 0.2) is 0 Å². The Morgan fingerprint density at radius 2 is 1.46 bits per heavy atom. The molecule has 0 radical (unpaired) electrons.